The average Bonchev–Trinajstić information content (AvgIpc) is 3.51. The Hall–Kier alpha value is -7.22. The number of hydrogen-bond donors (Lipinski definition) is 0. The van der Waals surface area contributed by atoms with Crippen LogP contribution >= 0.6 is 0 Å². The maximum absolute atomic E-state index is 2.54. The van der Waals surface area contributed by atoms with Crippen molar-refractivity contribution in [1.82, 2.24) is 0 Å². The van der Waals surface area contributed by atoms with Gasteiger partial charge in [0.15, 0.2) is 0 Å². The van der Waals surface area contributed by atoms with Gasteiger partial charge in [-0.3, -0.25) is 0 Å². The van der Waals surface area contributed by atoms with Crippen molar-refractivity contribution in [2.75, 3.05) is 4.90 Å². The van der Waals surface area contributed by atoms with Crippen LogP contribution in [0.1, 0.15) is 25.0 Å². The molecule has 0 saturated carbocycles. The minimum Gasteiger partial charge on any atom is -0.310 e. The van der Waals surface area contributed by atoms with E-state index in [1.165, 1.54) is 93.6 Å². The Morgan fingerprint density at radius 2 is 0.862 bits per heavy atom. The average molecular weight is 740 g/mol. The first kappa shape index (κ1) is 34.1. The molecule has 0 spiro atoms. The lowest BCUT2D eigenvalue weighted by Crippen LogP contribution is -2.21. The molecule has 0 heterocycles. The second kappa shape index (κ2) is 13.5. The van der Waals surface area contributed by atoms with E-state index in [-0.39, 0.29) is 5.41 Å². The zero-order valence-electron chi connectivity index (χ0n) is 32.7. The zero-order valence-corrected chi connectivity index (χ0v) is 32.7. The number of rotatable bonds is 6. The molecule has 0 N–H and O–H groups in total. The highest BCUT2D eigenvalue weighted by molar-refractivity contribution is 6.12. The van der Waals surface area contributed by atoms with E-state index in [1.54, 1.807) is 0 Å². The largest absolute Gasteiger partial charge is 0.310 e. The van der Waals surface area contributed by atoms with E-state index in [2.05, 4.69) is 231 Å². The molecule has 0 saturated heterocycles. The predicted molar refractivity (Wildman–Crippen MR) is 248 cm³/mol. The van der Waals surface area contributed by atoms with Gasteiger partial charge in [0.2, 0.25) is 0 Å². The molecule has 1 nitrogen and oxygen atoms in total. The highest BCUT2D eigenvalue weighted by Gasteiger charge is 2.39. The highest BCUT2D eigenvalue weighted by atomic mass is 15.1. The smallest absolute Gasteiger partial charge is 0.0546 e. The van der Waals surface area contributed by atoms with Crippen LogP contribution < -0.4 is 4.90 Å². The fourth-order valence-corrected chi connectivity index (χ4v) is 9.59. The molecule has 1 heteroatoms. The molecule has 1 aliphatic carbocycles. The number of anilines is 3. The normalized spacial score (nSPS) is 12.8. The summed E-state index contributed by atoms with van der Waals surface area (Å²) < 4.78 is 0. The summed E-state index contributed by atoms with van der Waals surface area (Å²) >= 11 is 0. The third-order valence-electron chi connectivity index (χ3n) is 12.4. The quantitative estimate of drug-likeness (QED) is 0.164. The SMILES string of the molecule is CC1(C)c2cc3ccccc3cc2-c2cccc(N(c3ccc(-c4ccc(-c5ccccc5)cc4)cc3)c3ccc4ccccc4c3-c3cccc4ccccc34)c21. The summed E-state index contributed by atoms with van der Waals surface area (Å²) in [6.45, 7) is 4.81. The van der Waals surface area contributed by atoms with Gasteiger partial charge in [0.25, 0.3) is 0 Å². The molecule has 0 radical (unpaired) electrons. The molecule has 0 atom stereocenters. The molecule has 0 amide bonds. The molecule has 11 rings (SSSR count). The Balaban J connectivity index is 1.15. The molecule has 58 heavy (non-hydrogen) atoms. The van der Waals surface area contributed by atoms with Crippen LogP contribution in [0.25, 0.3) is 76.8 Å². The van der Waals surface area contributed by atoms with Gasteiger partial charge in [-0.15, -0.1) is 0 Å². The van der Waals surface area contributed by atoms with Gasteiger partial charge in [-0.2, -0.15) is 0 Å². The minimum atomic E-state index is -0.250. The predicted octanol–water partition coefficient (Wildman–Crippen LogP) is 15.9. The summed E-state index contributed by atoms with van der Waals surface area (Å²) in [6.07, 6.45) is 0. The number of fused-ring (bicyclic) bond motifs is 6. The molecule has 0 unspecified atom stereocenters. The third-order valence-corrected chi connectivity index (χ3v) is 12.4. The molecular formula is C57H41N. The van der Waals surface area contributed by atoms with E-state index in [4.69, 9.17) is 0 Å². The van der Waals surface area contributed by atoms with Crippen molar-refractivity contribution in [2.45, 2.75) is 19.3 Å². The van der Waals surface area contributed by atoms with Crippen LogP contribution in [0, 0.1) is 0 Å². The van der Waals surface area contributed by atoms with Gasteiger partial charge < -0.3 is 4.90 Å². The maximum Gasteiger partial charge on any atom is 0.0546 e. The van der Waals surface area contributed by atoms with E-state index in [0.717, 1.165) is 11.4 Å². The van der Waals surface area contributed by atoms with Gasteiger partial charge in [-0.05, 0) is 119 Å². The summed E-state index contributed by atoms with van der Waals surface area (Å²) in [5, 5.41) is 7.49. The van der Waals surface area contributed by atoms with E-state index in [0.29, 0.717) is 0 Å². The van der Waals surface area contributed by atoms with Gasteiger partial charge >= 0.3 is 0 Å². The maximum atomic E-state index is 2.54. The van der Waals surface area contributed by atoms with Crippen LogP contribution in [0.3, 0.4) is 0 Å². The van der Waals surface area contributed by atoms with E-state index in [1.807, 2.05) is 0 Å². The molecule has 10 aromatic carbocycles. The van der Waals surface area contributed by atoms with Gasteiger partial charge in [0.05, 0.1) is 11.4 Å². The van der Waals surface area contributed by atoms with Crippen LogP contribution in [0.2, 0.25) is 0 Å². The third kappa shape index (κ3) is 5.46. The first-order valence-electron chi connectivity index (χ1n) is 20.3. The summed E-state index contributed by atoms with van der Waals surface area (Å²) in [5.74, 6) is 0. The van der Waals surface area contributed by atoms with Gasteiger partial charge in [-0.1, -0.05) is 190 Å². The van der Waals surface area contributed by atoms with Crippen molar-refractivity contribution in [2.24, 2.45) is 0 Å². The van der Waals surface area contributed by atoms with Gasteiger partial charge in [-0.25, -0.2) is 0 Å². The van der Waals surface area contributed by atoms with Crippen molar-refractivity contribution >= 4 is 49.4 Å². The van der Waals surface area contributed by atoms with E-state index >= 15 is 0 Å². The second-order valence-electron chi connectivity index (χ2n) is 16.1. The van der Waals surface area contributed by atoms with E-state index < -0.39 is 0 Å². The summed E-state index contributed by atoms with van der Waals surface area (Å²) in [5.41, 5.74) is 15.8. The van der Waals surface area contributed by atoms with Crippen molar-refractivity contribution in [3.63, 3.8) is 0 Å². The fraction of sp³-hybridized carbons (Fsp3) is 0.0526. The number of hydrogen-bond acceptors (Lipinski definition) is 1. The first-order chi connectivity index (χ1) is 28.5. The monoisotopic (exact) mass is 739 g/mol. The Bertz CT molecular complexity index is 3170. The summed E-state index contributed by atoms with van der Waals surface area (Å²) in [7, 11) is 0. The van der Waals surface area contributed by atoms with Crippen molar-refractivity contribution in [3.05, 3.63) is 223 Å². The van der Waals surface area contributed by atoms with Crippen LogP contribution in [0.5, 0.6) is 0 Å². The van der Waals surface area contributed by atoms with Crippen LogP contribution in [-0.4, -0.2) is 0 Å². The standard InChI is InChI=1S/C57H41N/c1-57(2)52-37-45-19-7-6-18-44(45)36-51(52)50-24-13-25-54(56(50)57)58(46-33-30-41(31-34-46)40-28-26-39(27-29-40)38-14-4-3-5-15-38)53-35-32-43-17-9-11-22-48(43)55(53)49-23-12-20-42-16-8-10-21-47(42)49/h3-37H,1-2H3. The molecule has 1 aliphatic rings. The Morgan fingerprint density at radius 3 is 1.57 bits per heavy atom. The lowest BCUT2D eigenvalue weighted by molar-refractivity contribution is 0.661. The minimum absolute atomic E-state index is 0.250. The molecule has 0 bridgehead atoms. The number of nitrogens with zero attached hydrogens (tertiary/aromatic N) is 1. The molecule has 274 valence electrons. The highest BCUT2D eigenvalue weighted by Crippen LogP contribution is 2.56. The van der Waals surface area contributed by atoms with E-state index in [9.17, 15) is 0 Å². The van der Waals surface area contributed by atoms with Crippen molar-refractivity contribution in [3.8, 4) is 44.5 Å². The molecule has 10 aromatic rings. The van der Waals surface area contributed by atoms with Gasteiger partial charge in [0.1, 0.15) is 0 Å². The Morgan fingerprint density at radius 1 is 0.345 bits per heavy atom. The number of benzene rings is 10. The summed E-state index contributed by atoms with van der Waals surface area (Å²) in [6, 6.07) is 78.2. The molecule has 0 aromatic heterocycles. The topological polar surface area (TPSA) is 3.24 Å². The molecule has 0 aliphatic heterocycles. The van der Waals surface area contributed by atoms with Crippen molar-refractivity contribution in [1.29, 1.82) is 0 Å². The zero-order chi connectivity index (χ0) is 38.8. The Labute approximate surface area is 340 Å². The van der Waals surface area contributed by atoms with Crippen LogP contribution in [0.4, 0.5) is 17.1 Å². The van der Waals surface area contributed by atoms with Crippen LogP contribution in [-0.2, 0) is 5.41 Å². The fourth-order valence-electron chi connectivity index (χ4n) is 9.59. The van der Waals surface area contributed by atoms with Gasteiger partial charge in [0, 0.05) is 16.7 Å². The molecule has 0 fully saturated rings. The lowest BCUT2D eigenvalue weighted by Gasteiger charge is -2.34. The van der Waals surface area contributed by atoms with Crippen LogP contribution in [0.15, 0.2) is 212 Å². The Kier molecular flexibility index (Phi) is 7.91. The van der Waals surface area contributed by atoms with Crippen molar-refractivity contribution < 1.29 is 0 Å². The summed E-state index contributed by atoms with van der Waals surface area (Å²) in [4.78, 5) is 2.54. The lowest BCUT2D eigenvalue weighted by atomic mass is 9.80. The first-order valence-corrected chi connectivity index (χ1v) is 20.3. The molecular weight excluding hydrogens is 699 g/mol. The second-order valence-corrected chi connectivity index (χ2v) is 16.1.